The zero-order chi connectivity index (χ0) is 18.1. The number of halogens is 1. The van der Waals surface area contributed by atoms with Gasteiger partial charge in [0.25, 0.3) is 5.91 Å². The predicted molar refractivity (Wildman–Crippen MR) is 96.9 cm³/mol. The van der Waals surface area contributed by atoms with Crippen LogP contribution in [0.25, 0.3) is 0 Å². The summed E-state index contributed by atoms with van der Waals surface area (Å²) in [6.07, 6.45) is 4.07. The summed E-state index contributed by atoms with van der Waals surface area (Å²) in [4.78, 5) is 14.2. The topological polar surface area (TPSA) is 79.7 Å². The van der Waals surface area contributed by atoms with E-state index in [-0.39, 0.29) is 5.91 Å². The number of hydrogen-bond acceptors (Lipinski definition) is 4. The van der Waals surface area contributed by atoms with E-state index in [0.717, 1.165) is 17.0 Å². The number of benzene rings is 1. The molecule has 1 amide bonds. The van der Waals surface area contributed by atoms with Gasteiger partial charge in [0.1, 0.15) is 0 Å². The number of rotatable bonds is 6. The van der Waals surface area contributed by atoms with Gasteiger partial charge in [0.05, 0.1) is 30.7 Å². The van der Waals surface area contributed by atoms with Gasteiger partial charge in [-0.15, -0.1) is 5.10 Å². The predicted octanol–water partition coefficient (Wildman–Crippen LogP) is 2.85. The van der Waals surface area contributed by atoms with E-state index in [4.69, 9.17) is 11.6 Å². The molecule has 1 saturated carbocycles. The van der Waals surface area contributed by atoms with Crippen LogP contribution in [0, 0.1) is 0 Å². The lowest BCUT2D eigenvalue weighted by atomic mass is 10.2. The molecule has 0 spiro atoms. The van der Waals surface area contributed by atoms with E-state index in [1.165, 1.54) is 12.8 Å². The molecule has 0 aliphatic heterocycles. The van der Waals surface area contributed by atoms with Crippen molar-refractivity contribution in [1.82, 2.24) is 30.1 Å². The fraction of sp³-hybridized carbons (Fsp3) is 0.333. The van der Waals surface area contributed by atoms with Gasteiger partial charge in [-0.2, -0.15) is 5.10 Å². The van der Waals surface area contributed by atoms with E-state index in [1.807, 2.05) is 30.3 Å². The zero-order valence-corrected chi connectivity index (χ0v) is 15.1. The lowest BCUT2D eigenvalue weighted by Gasteiger charge is -2.13. The average Bonchev–Trinajstić information content (AvgIpc) is 3.20. The quantitative estimate of drug-likeness (QED) is 0.723. The SMILES string of the molecule is CN(Cc1cc(C2CC2)n[nH]1)C(=O)c1cn(Cc2ccc(Cl)cc2)nn1. The number of carbonyl (C=O) groups excluding carboxylic acids is 1. The molecule has 0 saturated heterocycles. The molecule has 0 radical (unpaired) electrons. The number of hydrogen-bond donors (Lipinski definition) is 1. The second-order valence-electron chi connectivity index (χ2n) is 6.68. The Morgan fingerprint density at radius 2 is 2.12 bits per heavy atom. The zero-order valence-electron chi connectivity index (χ0n) is 14.4. The van der Waals surface area contributed by atoms with E-state index in [0.29, 0.717) is 29.7 Å². The molecule has 1 aliphatic carbocycles. The van der Waals surface area contributed by atoms with Crippen molar-refractivity contribution in [3.63, 3.8) is 0 Å². The molecule has 2 aromatic heterocycles. The summed E-state index contributed by atoms with van der Waals surface area (Å²) in [5.74, 6) is 0.420. The van der Waals surface area contributed by atoms with E-state index in [1.54, 1.807) is 22.8 Å². The Labute approximate surface area is 156 Å². The van der Waals surface area contributed by atoms with Gasteiger partial charge in [0.15, 0.2) is 5.69 Å². The lowest BCUT2D eigenvalue weighted by Crippen LogP contribution is -2.26. The maximum Gasteiger partial charge on any atom is 0.276 e. The summed E-state index contributed by atoms with van der Waals surface area (Å²) < 4.78 is 1.64. The first-order valence-corrected chi connectivity index (χ1v) is 8.90. The van der Waals surface area contributed by atoms with Crippen LogP contribution in [0.4, 0.5) is 0 Å². The average molecular weight is 371 g/mol. The van der Waals surface area contributed by atoms with Gasteiger partial charge < -0.3 is 4.90 Å². The van der Waals surface area contributed by atoms with Crippen molar-refractivity contribution in [1.29, 1.82) is 0 Å². The van der Waals surface area contributed by atoms with E-state index in [2.05, 4.69) is 20.5 Å². The van der Waals surface area contributed by atoms with E-state index >= 15 is 0 Å². The van der Waals surface area contributed by atoms with Crippen molar-refractivity contribution in [2.45, 2.75) is 31.8 Å². The molecule has 3 aromatic rings. The first-order chi connectivity index (χ1) is 12.6. The van der Waals surface area contributed by atoms with E-state index < -0.39 is 0 Å². The number of carbonyl (C=O) groups is 1. The van der Waals surface area contributed by atoms with Crippen LogP contribution in [-0.4, -0.2) is 43.0 Å². The molecule has 134 valence electrons. The molecule has 8 heteroatoms. The van der Waals surface area contributed by atoms with Gasteiger partial charge in [-0.1, -0.05) is 28.9 Å². The molecule has 1 aromatic carbocycles. The largest absolute Gasteiger partial charge is 0.334 e. The van der Waals surface area contributed by atoms with Crippen molar-refractivity contribution < 1.29 is 4.79 Å². The van der Waals surface area contributed by atoms with Crippen molar-refractivity contribution in [2.75, 3.05) is 7.05 Å². The Hall–Kier alpha value is -2.67. The van der Waals surface area contributed by atoms with Gasteiger partial charge in [-0.25, -0.2) is 4.68 Å². The number of aromatic nitrogens is 5. The smallest absolute Gasteiger partial charge is 0.276 e. The standard InChI is InChI=1S/C18H19ClN6O/c1-24(10-15-8-16(21-20-15)13-4-5-13)18(26)17-11-25(23-22-17)9-12-2-6-14(19)7-3-12/h2-3,6-8,11,13H,4-5,9-10H2,1H3,(H,20,21). The molecular formula is C18H19ClN6O. The van der Waals surface area contributed by atoms with Crippen molar-refractivity contribution in [3.8, 4) is 0 Å². The van der Waals surface area contributed by atoms with Gasteiger partial charge >= 0.3 is 0 Å². The Kier molecular flexibility index (Phi) is 4.46. The Balaban J connectivity index is 1.39. The highest BCUT2D eigenvalue weighted by Crippen LogP contribution is 2.39. The lowest BCUT2D eigenvalue weighted by molar-refractivity contribution is 0.0777. The minimum Gasteiger partial charge on any atom is -0.334 e. The monoisotopic (exact) mass is 370 g/mol. The van der Waals surface area contributed by atoms with Crippen molar-refractivity contribution >= 4 is 17.5 Å². The maximum absolute atomic E-state index is 12.6. The summed E-state index contributed by atoms with van der Waals surface area (Å²) in [6.45, 7) is 0.995. The van der Waals surface area contributed by atoms with Crippen LogP contribution < -0.4 is 0 Å². The minimum atomic E-state index is -0.171. The Morgan fingerprint density at radius 1 is 1.35 bits per heavy atom. The van der Waals surface area contributed by atoms with E-state index in [9.17, 15) is 4.79 Å². The summed E-state index contributed by atoms with van der Waals surface area (Å²) in [7, 11) is 1.75. The Morgan fingerprint density at radius 3 is 2.85 bits per heavy atom. The first-order valence-electron chi connectivity index (χ1n) is 8.53. The third-order valence-corrected chi connectivity index (χ3v) is 4.67. The third-order valence-electron chi connectivity index (χ3n) is 4.42. The fourth-order valence-corrected chi connectivity index (χ4v) is 2.95. The van der Waals surface area contributed by atoms with Crippen LogP contribution >= 0.6 is 11.6 Å². The van der Waals surface area contributed by atoms with Crippen LogP contribution in [0.1, 0.15) is 46.2 Å². The molecule has 0 atom stereocenters. The number of aromatic amines is 1. The number of nitrogens with zero attached hydrogens (tertiary/aromatic N) is 5. The summed E-state index contributed by atoms with van der Waals surface area (Å²) in [5, 5.41) is 16.1. The van der Waals surface area contributed by atoms with Crippen LogP contribution in [0.3, 0.4) is 0 Å². The molecule has 1 aliphatic rings. The molecular weight excluding hydrogens is 352 g/mol. The van der Waals surface area contributed by atoms with Crippen LogP contribution in [0.2, 0.25) is 5.02 Å². The normalized spacial score (nSPS) is 13.8. The highest BCUT2D eigenvalue weighted by Gasteiger charge is 2.26. The maximum atomic E-state index is 12.6. The van der Waals surface area contributed by atoms with Gasteiger partial charge in [-0.05, 0) is 36.6 Å². The molecule has 1 N–H and O–H groups in total. The summed E-state index contributed by atoms with van der Waals surface area (Å²) >= 11 is 5.89. The first kappa shape index (κ1) is 16.8. The second-order valence-corrected chi connectivity index (χ2v) is 7.12. The summed E-state index contributed by atoms with van der Waals surface area (Å²) in [6, 6.07) is 9.54. The molecule has 0 bridgehead atoms. The second kappa shape index (κ2) is 6.92. The minimum absolute atomic E-state index is 0.171. The van der Waals surface area contributed by atoms with Crippen molar-refractivity contribution in [3.05, 3.63) is 64.2 Å². The number of amides is 1. The molecule has 4 rings (SSSR count). The highest BCUT2D eigenvalue weighted by molar-refractivity contribution is 6.30. The molecule has 0 unspecified atom stereocenters. The molecule has 1 fully saturated rings. The van der Waals surface area contributed by atoms with Crippen LogP contribution in [0.15, 0.2) is 36.5 Å². The Bertz CT molecular complexity index is 912. The number of nitrogens with one attached hydrogen (secondary N) is 1. The van der Waals surface area contributed by atoms with Crippen LogP contribution in [0.5, 0.6) is 0 Å². The highest BCUT2D eigenvalue weighted by atomic mass is 35.5. The van der Waals surface area contributed by atoms with Gasteiger partial charge in [0, 0.05) is 18.0 Å². The van der Waals surface area contributed by atoms with Crippen LogP contribution in [-0.2, 0) is 13.1 Å². The number of H-pyrrole nitrogens is 1. The molecule has 7 nitrogen and oxygen atoms in total. The van der Waals surface area contributed by atoms with Gasteiger partial charge in [0.2, 0.25) is 0 Å². The third kappa shape index (κ3) is 3.77. The molecule has 26 heavy (non-hydrogen) atoms. The van der Waals surface area contributed by atoms with Crippen molar-refractivity contribution in [2.24, 2.45) is 0 Å². The molecule has 2 heterocycles. The van der Waals surface area contributed by atoms with Gasteiger partial charge in [-0.3, -0.25) is 9.89 Å². The summed E-state index contributed by atoms with van der Waals surface area (Å²) in [5.41, 5.74) is 3.38. The fourth-order valence-electron chi connectivity index (χ4n) is 2.82.